The summed E-state index contributed by atoms with van der Waals surface area (Å²) in [6.07, 6.45) is 0.293. The smallest absolute Gasteiger partial charge is 0.141 e. The highest BCUT2D eigenvalue weighted by atomic mass is 79.9. The largest absolute Gasteiger partial charge is 0.327 e. The highest BCUT2D eigenvalue weighted by molar-refractivity contribution is 9.10. The van der Waals surface area contributed by atoms with E-state index >= 15 is 0 Å². The van der Waals surface area contributed by atoms with Gasteiger partial charge >= 0.3 is 0 Å². The Hall–Kier alpha value is -0.740. The maximum Gasteiger partial charge on any atom is 0.141 e. The second kappa shape index (κ2) is 5.55. The van der Waals surface area contributed by atoms with Gasteiger partial charge < -0.3 is 5.73 Å². The van der Waals surface area contributed by atoms with Gasteiger partial charge in [-0.2, -0.15) is 0 Å². The fourth-order valence-electron chi connectivity index (χ4n) is 1.30. The zero-order valence-electron chi connectivity index (χ0n) is 9.34. The molecule has 0 aromatic heterocycles. The maximum absolute atomic E-state index is 13.0. The fourth-order valence-corrected chi connectivity index (χ4v) is 1.73. The van der Waals surface area contributed by atoms with Crippen LogP contribution < -0.4 is 5.73 Å². The summed E-state index contributed by atoms with van der Waals surface area (Å²) in [6.45, 7) is 3.62. The Kier molecular flexibility index (Phi) is 4.62. The summed E-state index contributed by atoms with van der Waals surface area (Å²) in [7, 11) is 0. The number of halogens is 2. The number of Topliss-reactive ketones (excluding diaryl/α,β-unsaturated/α-hetero) is 1. The Morgan fingerprint density at radius 1 is 1.50 bits per heavy atom. The van der Waals surface area contributed by atoms with Crippen molar-refractivity contribution in [2.75, 3.05) is 0 Å². The number of rotatable bonds is 4. The standard InChI is InChI=1S/C12H15BrFNO/c1-7(8(2)15)12(16)6-9-3-4-11(14)10(13)5-9/h3-5,7-8H,6,15H2,1-2H3. The molecule has 1 aromatic carbocycles. The average molecular weight is 288 g/mol. The molecule has 0 aliphatic carbocycles. The van der Waals surface area contributed by atoms with Crippen molar-refractivity contribution in [2.24, 2.45) is 11.7 Å². The molecule has 0 fully saturated rings. The Balaban J connectivity index is 2.74. The first kappa shape index (κ1) is 13.3. The summed E-state index contributed by atoms with van der Waals surface area (Å²) >= 11 is 3.09. The van der Waals surface area contributed by atoms with Crippen LogP contribution >= 0.6 is 15.9 Å². The van der Waals surface area contributed by atoms with E-state index in [4.69, 9.17) is 5.73 Å². The van der Waals surface area contributed by atoms with E-state index in [1.54, 1.807) is 12.1 Å². The molecule has 0 heterocycles. The number of benzene rings is 1. The van der Waals surface area contributed by atoms with Crippen molar-refractivity contribution in [1.29, 1.82) is 0 Å². The second-order valence-corrected chi connectivity index (χ2v) is 4.89. The van der Waals surface area contributed by atoms with Crippen LogP contribution in [0.2, 0.25) is 0 Å². The van der Waals surface area contributed by atoms with Gasteiger partial charge in [-0.1, -0.05) is 13.0 Å². The molecule has 2 N–H and O–H groups in total. The summed E-state index contributed by atoms with van der Waals surface area (Å²) in [5.41, 5.74) is 6.45. The zero-order chi connectivity index (χ0) is 12.3. The molecule has 88 valence electrons. The van der Waals surface area contributed by atoms with E-state index in [1.807, 2.05) is 13.8 Å². The van der Waals surface area contributed by atoms with Gasteiger partial charge in [0.25, 0.3) is 0 Å². The van der Waals surface area contributed by atoms with E-state index < -0.39 is 0 Å². The van der Waals surface area contributed by atoms with Crippen LogP contribution in [0.15, 0.2) is 22.7 Å². The van der Waals surface area contributed by atoms with Gasteiger partial charge in [0.05, 0.1) is 4.47 Å². The second-order valence-electron chi connectivity index (χ2n) is 4.04. The van der Waals surface area contributed by atoms with Gasteiger partial charge in [0.15, 0.2) is 0 Å². The predicted molar refractivity (Wildman–Crippen MR) is 65.6 cm³/mol. The quantitative estimate of drug-likeness (QED) is 0.925. The molecule has 0 radical (unpaired) electrons. The van der Waals surface area contributed by atoms with Crippen LogP contribution in [0.3, 0.4) is 0 Å². The van der Waals surface area contributed by atoms with Crippen LogP contribution in [0.4, 0.5) is 4.39 Å². The molecule has 0 amide bonds. The maximum atomic E-state index is 13.0. The number of nitrogens with two attached hydrogens (primary N) is 1. The molecule has 2 unspecified atom stereocenters. The summed E-state index contributed by atoms with van der Waals surface area (Å²) in [6, 6.07) is 4.44. The summed E-state index contributed by atoms with van der Waals surface area (Å²) in [4.78, 5) is 11.8. The van der Waals surface area contributed by atoms with Crippen molar-refractivity contribution < 1.29 is 9.18 Å². The number of ketones is 1. The van der Waals surface area contributed by atoms with Crippen molar-refractivity contribution >= 4 is 21.7 Å². The van der Waals surface area contributed by atoms with Crippen LogP contribution in [0.25, 0.3) is 0 Å². The lowest BCUT2D eigenvalue weighted by molar-refractivity contribution is -0.122. The molecule has 16 heavy (non-hydrogen) atoms. The first-order valence-electron chi connectivity index (χ1n) is 5.14. The molecule has 4 heteroatoms. The van der Waals surface area contributed by atoms with Gasteiger partial charge in [-0.25, -0.2) is 4.39 Å². The summed E-state index contributed by atoms with van der Waals surface area (Å²) in [5.74, 6) is -0.422. The SMILES string of the molecule is CC(N)C(C)C(=O)Cc1ccc(F)c(Br)c1. The molecule has 2 nitrogen and oxygen atoms in total. The van der Waals surface area contributed by atoms with Gasteiger partial charge in [-0.15, -0.1) is 0 Å². The topological polar surface area (TPSA) is 43.1 Å². The Morgan fingerprint density at radius 3 is 2.62 bits per heavy atom. The lowest BCUT2D eigenvalue weighted by atomic mass is 9.94. The molecule has 0 saturated carbocycles. The van der Waals surface area contributed by atoms with Crippen molar-refractivity contribution in [3.05, 3.63) is 34.1 Å². The molecular formula is C12H15BrFNO. The minimum absolute atomic E-state index is 0.0773. The van der Waals surface area contributed by atoms with Gasteiger partial charge in [-0.05, 0) is 40.5 Å². The summed E-state index contributed by atoms with van der Waals surface area (Å²) < 4.78 is 13.4. The molecule has 0 aliphatic rings. The minimum atomic E-state index is -0.323. The van der Waals surface area contributed by atoms with Crippen molar-refractivity contribution in [2.45, 2.75) is 26.3 Å². The van der Waals surface area contributed by atoms with Gasteiger partial charge in [-0.3, -0.25) is 4.79 Å². The van der Waals surface area contributed by atoms with E-state index in [0.717, 1.165) is 5.56 Å². The number of hydrogen-bond donors (Lipinski definition) is 1. The molecule has 0 aliphatic heterocycles. The first-order chi connectivity index (χ1) is 7.41. The molecule has 1 rings (SSSR count). The Morgan fingerprint density at radius 2 is 2.12 bits per heavy atom. The van der Waals surface area contributed by atoms with Gasteiger partial charge in [0.2, 0.25) is 0 Å². The van der Waals surface area contributed by atoms with Crippen LogP contribution in [0.5, 0.6) is 0 Å². The number of hydrogen-bond acceptors (Lipinski definition) is 2. The third-order valence-corrected chi connectivity index (χ3v) is 3.27. The first-order valence-corrected chi connectivity index (χ1v) is 5.93. The predicted octanol–water partition coefficient (Wildman–Crippen LogP) is 2.68. The monoisotopic (exact) mass is 287 g/mol. The Labute approximate surface area is 103 Å². The van der Waals surface area contributed by atoms with Crippen molar-refractivity contribution in [3.8, 4) is 0 Å². The minimum Gasteiger partial charge on any atom is -0.327 e. The van der Waals surface area contributed by atoms with Gasteiger partial charge in [0.1, 0.15) is 11.6 Å². The third-order valence-electron chi connectivity index (χ3n) is 2.66. The van der Waals surface area contributed by atoms with Crippen molar-refractivity contribution in [1.82, 2.24) is 0 Å². The van der Waals surface area contributed by atoms with Crippen molar-refractivity contribution in [3.63, 3.8) is 0 Å². The zero-order valence-corrected chi connectivity index (χ0v) is 10.9. The highest BCUT2D eigenvalue weighted by Gasteiger charge is 2.17. The van der Waals surface area contributed by atoms with E-state index in [0.29, 0.717) is 10.9 Å². The number of carbonyl (C=O) groups is 1. The van der Waals surface area contributed by atoms with Crippen LogP contribution in [0.1, 0.15) is 19.4 Å². The molecule has 0 spiro atoms. The molecular weight excluding hydrogens is 273 g/mol. The Bertz CT molecular complexity index is 393. The molecule has 0 saturated heterocycles. The fraction of sp³-hybridized carbons (Fsp3) is 0.417. The third kappa shape index (κ3) is 3.39. The van der Waals surface area contributed by atoms with E-state index in [2.05, 4.69) is 15.9 Å². The lowest BCUT2D eigenvalue weighted by Gasteiger charge is -2.14. The molecule has 2 atom stereocenters. The molecule has 1 aromatic rings. The van der Waals surface area contributed by atoms with E-state index in [1.165, 1.54) is 6.07 Å². The average Bonchev–Trinajstić information content (AvgIpc) is 2.22. The highest BCUT2D eigenvalue weighted by Crippen LogP contribution is 2.18. The van der Waals surface area contributed by atoms with Crippen LogP contribution in [0, 0.1) is 11.7 Å². The summed E-state index contributed by atoms with van der Waals surface area (Å²) in [5, 5.41) is 0. The molecule has 0 bridgehead atoms. The van der Waals surface area contributed by atoms with Gasteiger partial charge in [0, 0.05) is 18.4 Å². The van der Waals surface area contributed by atoms with Crippen LogP contribution in [-0.4, -0.2) is 11.8 Å². The number of carbonyl (C=O) groups excluding carboxylic acids is 1. The lowest BCUT2D eigenvalue weighted by Crippen LogP contribution is -2.31. The van der Waals surface area contributed by atoms with E-state index in [-0.39, 0.29) is 23.6 Å². The van der Waals surface area contributed by atoms with E-state index in [9.17, 15) is 9.18 Å². The van der Waals surface area contributed by atoms with Crippen LogP contribution in [-0.2, 0) is 11.2 Å². The normalized spacial score (nSPS) is 14.6.